The monoisotopic (exact) mass is 384 g/mol. The van der Waals surface area contributed by atoms with Crippen molar-refractivity contribution in [2.75, 3.05) is 18.7 Å². The number of benzene rings is 1. The van der Waals surface area contributed by atoms with Crippen molar-refractivity contribution < 1.29 is 19.4 Å². The Morgan fingerprint density at radius 2 is 2.04 bits per heavy atom. The first kappa shape index (κ1) is 17.5. The van der Waals surface area contributed by atoms with Gasteiger partial charge in [0.25, 0.3) is 0 Å². The van der Waals surface area contributed by atoms with Crippen LogP contribution in [0.1, 0.15) is 31.5 Å². The maximum Gasteiger partial charge on any atom is 0.238 e. The van der Waals surface area contributed by atoms with Crippen LogP contribution in [0.2, 0.25) is 0 Å². The fourth-order valence-electron chi connectivity index (χ4n) is 4.91. The van der Waals surface area contributed by atoms with Crippen molar-refractivity contribution in [1.82, 2.24) is 14.5 Å². The molecule has 2 aromatic rings. The van der Waals surface area contributed by atoms with Gasteiger partial charge in [0.1, 0.15) is 11.4 Å². The number of aryl methyl sites for hydroxylation is 1. The van der Waals surface area contributed by atoms with Crippen molar-refractivity contribution >= 4 is 11.6 Å². The van der Waals surface area contributed by atoms with Gasteiger partial charge in [-0.05, 0) is 37.8 Å². The minimum atomic E-state index is -0.922. The van der Waals surface area contributed by atoms with E-state index in [0.29, 0.717) is 42.4 Å². The smallest absolute Gasteiger partial charge is 0.238 e. The number of aromatic nitrogens is 2. The number of piperidine rings is 1. The summed E-state index contributed by atoms with van der Waals surface area (Å²) in [5.74, 6) is 2.00. The van der Waals surface area contributed by atoms with Crippen molar-refractivity contribution in [3.8, 4) is 11.5 Å². The van der Waals surface area contributed by atoms with Crippen LogP contribution in [0.15, 0.2) is 30.6 Å². The summed E-state index contributed by atoms with van der Waals surface area (Å²) < 4.78 is 12.6. The summed E-state index contributed by atoms with van der Waals surface area (Å²) in [7, 11) is 1.91. The lowest BCUT2D eigenvalue weighted by Gasteiger charge is -2.43. The highest BCUT2D eigenvalue weighted by Crippen LogP contribution is 2.45. The zero-order chi connectivity index (χ0) is 19.3. The Morgan fingerprint density at radius 1 is 1.29 bits per heavy atom. The molecule has 0 unspecified atom stereocenters. The van der Waals surface area contributed by atoms with Crippen LogP contribution in [-0.4, -0.2) is 50.9 Å². The topological polar surface area (TPSA) is 88.9 Å². The van der Waals surface area contributed by atoms with Gasteiger partial charge in [0.15, 0.2) is 11.5 Å². The van der Waals surface area contributed by atoms with Crippen LogP contribution < -0.4 is 14.8 Å². The molecule has 8 heteroatoms. The second-order valence-electron chi connectivity index (χ2n) is 7.98. The van der Waals surface area contributed by atoms with Crippen LogP contribution in [0.5, 0.6) is 11.5 Å². The Kier molecular flexibility index (Phi) is 4.06. The fourth-order valence-corrected chi connectivity index (χ4v) is 4.91. The molecular weight excluding hydrogens is 360 g/mol. The predicted molar refractivity (Wildman–Crippen MR) is 101 cm³/mol. The molecule has 28 heavy (non-hydrogen) atoms. The third kappa shape index (κ3) is 2.93. The van der Waals surface area contributed by atoms with Crippen LogP contribution >= 0.6 is 0 Å². The molecule has 2 N–H and O–H groups in total. The molecule has 1 aromatic carbocycles. The number of imidazole rings is 1. The Hall–Kier alpha value is -2.58. The van der Waals surface area contributed by atoms with Gasteiger partial charge in [0.2, 0.25) is 12.7 Å². The average Bonchev–Trinajstić information content (AvgIpc) is 3.35. The molecule has 3 aliphatic rings. The molecule has 1 amide bonds. The number of aliphatic hydroxyl groups is 1. The molecule has 0 aliphatic carbocycles. The van der Waals surface area contributed by atoms with Gasteiger partial charge in [-0.15, -0.1) is 0 Å². The summed E-state index contributed by atoms with van der Waals surface area (Å²) in [6.45, 7) is 0.531. The molecule has 2 bridgehead atoms. The lowest BCUT2D eigenvalue weighted by molar-refractivity contribution is -0.121. The molecule has 1 aromatic heterocycles. The summed E-state index contributed by atoms with van der Waals surface area (Å²) in [6.07, 6.45) is 6.78. The first-order valence-corrected chi connectivity index (χ1v) is 9.67. The maximum atomic E-state index is 12.6. The van der Waals surface area contributed by atoms with E-state index in [1.807, 2.05) is 23.9 Å². The molecule has 4 heterocycles. The number of nitrogens with zero attached hydrogens (tertiary/aromatic N) is 3. The van der Waals surface area contributed by atoms with Gasteiger partial charge in [0, 0.05) is 43.3 Å². The number of carbonyl (C=O) groups is 1. The van der Waals surface area contributed by atoms with Crippen LogP contribution in [0.25, 0.3) is 0 Å². The molecule has 2 atom stereocenters. The van der Waals surface area contributed by atoms with Crippen molar-refractivity contribution in [2.45, 2.75) is 43.4 Å². The van der Waals surface area contributed by atoms with Gasteiger partial charge in [-0.1, -0.05) is 0 Å². The van der Waals surface area contributed by atoms with Crippen LogP contribution in [0.4, 0.5) is 5.69 Å². The fraction of sp³-hybridized carbons (Fsp3) is 0.500. The first-order chi connectivity index (χ1) is 13.5. The quantitative estimate of drug-likeness (QED) is 0.833. The Morgan fingerprint density at radius 3 is 2.75 bits per heavy atom. The number of rotatable bonds is 4. The summed E-state index contributed by atoms with van der Waals surface area (Å²) in [5, 5.41) is 14.2. The second-order valence-corrected chi connectivity index (χ2v) is 7.98. The Balaban J connectivity index is 1.26. The highest BCUT2D eigenvalue weighted by Gasteiger charge is 2.50. The second kappa shape index (κ2) is 6.49. The minimum absolute atomic E-state index is 0.0572. The van der Waals surface area contributed by atoms with Crippen LogP contribution in [0.3, 0.4) is 0 Å². The number of carbonyl (C=O) groups excluding carboxylic acids is 1. The lowest BCUT2D eigenvalue weighted by atomic mass is 9.85. The summed E-state index contributed by atoms with van der Waals surface area (Å²) in [4.78, 5) is 19.2. The summed E-state index contributed by atoms with van der Waals surface area (Å²) in [6, 6.07) is 5.77. The molecule has 0 radical (unpaired) electrons. The van der Waals surface area contributed by atoms with E-state index in [2.05, 4.69) is 15.2 Å². The summed E-state index contributed by atoms with van der Waals surface area (Å²) >= 11 is 0. The van der Waals surface area contributed by atoms with Gasteiger partial charge < -0.3 is 24.5 Å². The zero-order valence-corrected chi connectivity index (χ0v) is 15.8. The van der Waals surface area contributed by atoms with E-state index in [-0.39, 0.29) is 24.8 Å². The van der Waals surface area contributed by atoms with Gasteiger partial charge in [-0.25, -0.2) is 4.98 Å². The molecule has 5 rings (SSSR count). The number of hydrogen-bond donors (Lipinski definition) is 2. The van der Waals surface area contributed by atoms with E-state index in [4.69, 9.17) is 9.47 Å². The lowest BCUT2D eigenvalue weighted by Crippen LogP contribution is -2.52. The molecular formula is C20H24N4O4. The third-order valence-corrected chi connectivity index (χ3v) is 6.14. The maximum absolute atomic E-state index is 12.6. The Labute approximate surface area is 163 Å². The minimum Gasteiger partial charge on any atom is -0.454 e. The molecule has 2 fully saturated rings. The number of nitrogens with one attached hydrogen (secondary N) is 1. The normalized spacial score (nSPS) is 28.5. The van der Waals surface area contributed by atoms with Crippen molar-refractivity contribution in [2.24, 2.45) is 7.05 Å². The van der Waals surface area contributed by atoms with E-state index < -0.39 is 5.60 Å². The van der Waals surface area contributed by atoms with Gasteiger partial charge in [-0.3, -0.25) is 9.69 Å². The highest BCUT2D eigenvalue weighted by atomic mass is 16.7. The zero-order valence-electron chi connectivity index (χ0n) is 15.8. The van der Waals surface area contributed by atoms with Crippen molar-refractivity contribution in [3.05, 3.63) is 36.4 Å². The number of hydrogen-bond acceptors (Lipinski definition) is 6. The van der Waals surface area contributed by atoms with Crippen molar-refractivity contribution in [1.29, 1.82) is 0 Å². The van der Waals surface area contributed by atoms with E-state index in [1.54, 1.807) is 18.3 Å². The highest BCUT2D eigenvalue weighted by molar-refractivity contribution is 5.92. The molecule has 3 aliphatic heterocycles. The van der Waals surface area contributed by atoms with E-state index >= 15 is 0 Å². The number of ether oxygens (including phenoxy) is 2. The van der Waals surface area contributed by atoms with E-state index in [1.165, 1.54) is 0 Å². The average molecular weight is 384 g/mol. The van der Waals surface area contributed by atoms with Crippen LogP contribution in [0, 0.1) is 0 Å². The number of anilines is 1. The summed E-state index contributed by atoms with van der Waals surface area (Å²) in [5.41, 5.74) is -0.225. The van der Waals surface area contributed by atoms with E-state index in [0.717, 1.165) is 12.8 Å². The Bertz CT molecular complexity index is 897. The van der Waals surface area contributed by atoms with Crippen LogP contribution in [-0.2, 0) is 17.4 Å². The third-order valence-electron chi connectivity index (χ3n) is 6.14. The molecule has 148 valence electrons. The molecule has 0 spiro atoms. The van der Waals surface area contributed by atoms with Gasteiger partial charge in [-0.2, -0.15) is 0 Å². The molecule has 8 nitrogen and oxygen atoms in total. The van der Waals surface area contributed by atoms with Gasteiger partial charge >= 0.3 is 0 Å². The SMILES string of the molecule is Cn1ccnc1C1(O)C[C@@H]2CC[C@@H](C1)N2CC(=O)Nc1ccc2c(c1)OCO2. The molecule has 0 saturated carbocycles. The standard InChI is InChI=1S/C20H24N4O4/c1-23-7-6-21-19(23)20(26)9-14-3-4-15(10-20)24(14)11-18(25)22-13-2-5-16-17(8-13)28-12-27-16/h2,5-8,14-15,26H,3-4,9-12H2,1H3,(H,22,25)/t14-,15-/m0/s1. The number of fused-ring (bicyclic) bond motifs is 3. The number of amides is 1. The largest absolute Gasteiger partial charge is 0.454 e. The van der Waals surface area contributed by atoms with Crippen molar-refractivity contribution in [3.63, 3.8) is 0 Å². The van der Waals surface area contributed by atoms with E-state index in [9.17, 15) is 9.90 Å². The van der Waals surface area contributed by atoms with Gasteiger partial charge in [0.05, 0.1) is 6.54 Å². The molecule has 2 saturated heterocycles. The predicted octanol–water partition coefficient (Wildman–Crippen LogP) is 1.60. The first-order valence-electron chi connectivity index (χ1n) is 9.67.